The van der Waals surface area contributed by atoms with E-state index in [1.54, 1.807) is 4.90 Å². The Kier molecular flexibility index (Phi) is 11.1. The molecule has 4 amide bonds. The average Bonchev–Trinajstić information content (AvgIpc) is 3.25. The van der Waals surface area contributed by atoms with Crippen molar-refractivity contribution < 1.29 is 19.1 Å². The number of hydrogen-bond donors (Lipinski definition) is 1. The number of amides is 4. The number of anilines is 1. The van der Waals surface area contributed by atoms with E-state index < -0.39 is 12.2 Å². The van der Waals surface area contributed by atoms with E-state index in [0.29, 0.717) is 58.0 Å². The minimum atomic E-state index is -0.925. The van der Waals surface area contributed by atoms with Gasteiger partial charge in [-0.15, -0.1) is 0 Å². The van der Waals surface area contributed by atoms with Gasteiger partial charge in [0, 0.05) is 79.0 Å². The zero-order chi connectivity index (χ0) is 33.1. The monoisotopic (exact) mass is 772 g/mol. The van der Waals surface area contributed by atoms with Crippen LogP contribution in [-0.2, 0) is 22.4 Å². The van der Waals surface area contributed by atoms with Crippen molar-refractivity contribution in [3.8, 4) is 0 Å². The van der Waals surface area contributed by atoms with Crippen molar-refractivity contribution in [3.05, 3.63) is 62.0 Å². The van der Waals surface area contributed by atoms with Crippen LogP contribution in [0.1, 0.15) is 42.4 Å². The van der Waals surface area contributed by atoms with Gasteiger partial charge in [0.1, 0.15) is 0 Å². The van der Waals surface area contributed by atoms with Crippen LogP contribution in [0.25, 0.3) is 0 Å². The lowest BCUT2D eigenvalue weighted by Crippen LogP contribution is -2.56. The van der Waals surface area contributed by atoms with Gasteiger partial charge < -0.3 is 29.7 Å². The van der Waals surface area contributed by atoms with Gasteiger partial charge in [0.25, 0.3) is 5.91 Å². The van der Waals surface area contributed by atoms with Crippen molar-refractivity contribution in [3.63, 3.8) is 0 Å². The molecule has 2 aromatic rings. The Bertz CT molecular complexity index is 1430. The lowest BCUT2D eigenvalue weighted by atomic mass is 10.0. The summed E-state index contributed by atoms with van der Waals surface area (Å²) in [5.41, 5.74) is 3.99. The van der Waals surface area contributed by atoms with E-state index in [2.05, 4.69) is 60.1 Å². The van der Waals surface area contributed by atoms with Crippen LogP contribution in [0.5, 0.6) is 0 Å². The van der Waals surface area contributed by atoms with Crippen LogP contribution in [0.3, 0.4) is 0 Å². The van der Waals surface area contributed by atoms with Gasteiger partial charge in [-0.25, -0.2) is 9.59 Å². The van der Waals surface area contributed by atoms with Crippen molar-refractivity contribution in [1.82, 2.24) is 24.5 Å². The number of rotatable bonds is 6. The smallest absolute Gasteiger partial charge is 0.410 e. The van der Waals surface area contributed by atoms with Crippen molar-refractivity contribution in [2.75, 3.05) is 71.3 Å². The molecule has 0 unspecified atom stereocenters. The number of nitrogens with zero attached hydrogens (tertiary/aromatic N) is 5. The normalized spacial score (nSPS) is 21.2. The maximum atomic E-state index is 14.0. The Morgan fingerprint density at radius 2 is 1.51 bits per heavy atom. The molecule has 0 radical (unpaired) electrons. The van der Waals surface area contributed by atoms with Gasteiger partial charge in [0.2, 0.25) is 0 Å². The third-order valence-corrected chi connectivity index (χ3v) is 12.1. The number of piperazine rings is 1. The Morgan fingerprint density at radius 3 is 2.19 bits per heavy atom. The number of likely N-dealkylation sites (tertiary alicyclic amines) is 2. The third kappa shape index (κ3) is 8.14. The van der Waals surface area contributed by atoms with Crippen molar-refractivity contribution in [2.45, 2.75) is 63.6 Å². The Balaban J connectivity index is 1.08. The topological polar surface area (TPSA) is 88.7 Å². The predicted molar refractivity (Wildman–Crippen MR) is 190 cm³/mol. The van der Waals surface area contributed by atoms with Crippen LogP contribution in [0.2, 0.25) is 0 Å². The van der Waals surface area contributed by atoms with E-state index in [4.69, 9.17) is 4.74 Å². The molecule has 4 heterocycles. The van der Waals surface area contributed by atoms with Gasteiger partial charge in [0.05, 0.1) is 0 Å². The summed E-state index contributed by atoms with van der Waals surface area (Å²) in [6.07, 6.45) is 3.34. The highest BCUT2D eigenvalue weighted by molar-refractivity contribution is 9.11. The second kappa shape index (κ2) is 15.3. The number of carbonyl (C=O) groups is 3. The summed E-state index contributed by atoms with van der Waals surface area (Å²) in [5, 5.41) is 3.06. The summed E-state index contributed by atoms with van der Waals surface area (Å²) < 4.78 is 7.97. The van der Waals surface area contributed by atoms with Crippen LogP contribution in [-0.4, -0.2) is 127 Å². The summed E-state index contributed by atoms with van der Waals surface area (Å²) >= 11 is 7.27. The maximum Gasteiger partial charge on any atom is 0.410 e. The largest absolute Gasteiger partial charge is 0.436 e. The standard InChI is InChI=1S/C35H46Br2N6O4/c1-24-29(36)21-25(22-30(24)37)23-32(33(44)41-19-17-40(18-20-41)27-8-12-39(2)13-9-27)47-35(46)42-14-10-28(11-15-42)43-16-7-26-5-3-4-6-31(26)38-34(43)45/h3-6,21-22,27-28,32H,7-20,23H2,1-2H3,(H,38,45)/t32-/m1/s1. The number of nitrogens with one attached hydrogen (secondary N) is 1. The number of ether oxygens (including phenoxy) is 1. The molecule has 4 aliphatic rings. The molecule has 3 saturated heterocycles. The van der Waals surface area contributed by atoms with E-state index in [9.17, 15) is 14.4 Å². The highest BCUT2D eigenvalue weighted by Crippen LogP contribution is 2.29. The lowest BCUT2D eigenvalue weighted by Gasteiger charge is -2.42. The Labute approximate surface area is 295 Å². The fourth-order valence-electron chi connectivity index (χ4n) is 7.37. The van der Waals surface area contributed by atoms with E-state index in [0.717, 1.165) is 76.8 Å². The molecule has 0 aliphatic carbocycles. The van der Waals surface area contributed by atoms with Crippen molar-refractivity contribution in [1.29, 1.82) is 0 Å². The van der Waals surface area contributed by atoms with Gasteiger partial charge >= 0.3 is 12.1 Å². The van der Waals surface area contributed by atoms with Gasteiger partial charge in [-0.1, -0.05) is 50.1 Å². The summed E-state index contributed by atoms with van der Waals surface area (Å²) in [6, 6.07) is 12.4. The van der Waals surface area contributed by atoms with Crippen LogP contribution >= 0.6 is 31.9 Å². The molecule has 2 aromatic carbocycles. The highest BCUT2D eigenvalue weighted by atomic mass is 79.9. The molecule has 1 N–H and O–H groups in total. The Morgan fingerprint density at radius 1 is 0.872 bits per heavy atom. The molecule has 3 fully saturated rings. The summed E-state index contributed by atoms with van der Waals surface area (Å²) in [6.45, 7) is 8.76. The second-order valence-corrected chi connectivity index (χ2v) is 15.1. The van der Waals surface area contributed by atoms with Gasteiger partial charge in [0.15, 0.2) is 6.10 Å². The van der Waals surface area contributed by atoms with Gasteiger partial charge in [-0.2, -0.15) is 0 Å². The third-order valence-electron chi connectivity index (χ3n) is 10.4. The van der Waals surface area contributed by atoms with Gasteiger partial charge in [-0.3, -0.25) is 9.69 Å². The number of halogens is 2. The number of piperidine rings is 2. The summed E-state index contributed by atoms with van der Waals surface area (Å²) in [5.74, 6) is -0.134. The number of para-hydroxylation sites is 1. The number of fused-ring (bicyclic) bond motifs is 1. The van der Waals surface area contributed by atoms with Crippen molar-refractivity contribution in [2.24, 2.45) is 0 Å². The molecule has 0 aromatic heterocycles. The van der Waals surface area contributed by atoms with E-state index in [1.165, 1.54) is 0 Å². The first-order valence-electron chi connectivity index (χ1n) is 16.9. The first kappa shape index (κ1) is 34.2. The number of benzene rings is 2. The molecule has 1 atom stereocenters. The quantitative estimate of drug-likeness (QED) is 0.426. The molecular formula is C35H46Br2N6O4. The molecular weight excluding hydrogens is 728 g/mol. The highest BCUT2D eigenvalue weighted by Gasteiger charge is 2.36. The second-order valence-electron chi connectivity index (χ2n) is 13.4. The zero-order valence-corrected chi connectivity index (χ0v) is 30.6. The molecule has 0 bridgehead atoms. The van der Waals surface area contributed by atoms with E-state index in [1.807, 2.05) is 47.1 Å². The van der Waals surface area contributed by atoms with Crippen LogP contribution in [0.4, 0.5) is 15.3 Å². The molecule has 47 heavy (non-hydrogen) atoms. The minimum absolute atomic E-state index is 0.0360. The number of urea groups is 1. The van der Waals surface area contributed by atoms with Crippen molar-refractivity contribution >= 4 is 55.6 Å². The predicted octanol–water partition coefficient (Wildman–Crippen LogP) is 5.36. The van der Waals surface area contributed by atoms with E-state index in [-0.39, 0.29) is 18.0 Å². The Hall–Kier alpha value is -2.67. The summed E-state index contributed by atoms with van der Waals surface area (Å²) in [4.78, 5) is 51.1. The summed E-state index contributed by atoms with van der Waals surface area (Å²) in [7, 11) is 2.18. The zero-order valence-electron chi connectivity index (χ0n) is 27.4. The average molecular weight is 775 g/mol. The molecule has 4 aliphatic heterocycles. The fraction of sp³-hybridized carbons (Fsp3) is 0.571. The first-order valence-corrected chi connectivity index (χ1v) is 18.5. The molecule has 6 rings (SSSR count). The first-order chi connectivity index (χ1) is 22.7. The lowest BCUT2D eigenvalue weighted by molar-refractivity contribution is -0.143. The van der Waals surface area contributed by atoms with Crippen LogP contribution in [0.15, 0.2) is 45.3 Å². The molecule has 0 spiro atoms. The van der Waals surface area contributed by atoms with Crippen LogP contribution < -0.4 is 5.32 Å². The molecule has 12 heteroatoms. The number of hydrogen-bond acceptors (Lipinski definition) is 6. The van der Waals surface area contributed by atoms with Gasteiger partial charge in [-0.05, 0) is 94.1 Å². The molecule has 0 saturated carbocycles. The van der Waals surface area contributed by atoms with E-state index >= 15 is 0 Å². The minimum Gasteiger partial charge on any atom is -0.436 e. The number of carbonyl (C=O) groups excluding carboxylic acids is 3. The molecule has 254 valence electrons. The SMILES string of the molecule is Cc1c(Br)cc(C[C@@H](OC(=O)N2CCC(N3CCc4ccccc4NC3=O)CC2)C(=O)N2CCN(C3CCN(C)CC3)CC2)cc1Br. The molecule has 10 nitrogen and oxygen atoms in total. The van der Waals surface area contributed by atoms with Crippen LogP contribution in [0, 0.1) is 6.92 Å². The fourth-order valence-corrected chi connectivity index (χ4v) is 8.66. The maximum absolute atomic E-state index is 14.0.